The summed E-state index contributed by atoms with van der Waals surface area (Å²) in [6.45, 7) is 2.85. The number of rotatable bonds is 6. The molecule has 1 heterocycles. The minimum absolute atomic E-state index is 0.224. The maximum atomic E-state index is 8.72. The van der Waals surface area contributed by atoms with Crippen molar-refractivity contribution < 1.29 is 9.84 Å². The van der Waals surface area contributed by atoms with Crippen molar-refractivity contribution in [1.82, 2.24) is 9.97 Å². The summed E-state index contributed by atoms with van der Waals surface area (Å²) in [6.07, 6.45) is 0.784. The minimum Gasteiger partial charge on any atom is -0.494 e. The van der Waals surface area contributed by atoms with E-state index in [0.29, 0.717) is 6.61 Å². The number of ether oxygens (including phenoxy) is 1. The molecule has 1 aromatic carbocycles. The number of nitrogens with zero attached hydrogens (tertiary/aromatic N) is 1. The van der Waals surface area contributed by atoms with Crippen LogP contribution in [0.25, 0.3) is 11.0 Å². The third-order valence-corrected chi connectivity index (χ3v) is 3.24. The van der Waals surface area contributed by atoms with Crippen LogP contribution in [-0.2, 0) is 0 Å². The molecule has 17 heavy (non-hydrogen) atoms. The first-order valence-electron chi connectivity index (χ1n) is 5.69. The first-order valence-corrected chi connectivity index (χ1v) is 6.68. The Balaban J connectivity index is 2.12. The number of nitrogens with one attached hydrogen (secondary N) is 1. The molecule has 0 saturated carbocycles. The van der Waals surface area contributed by atoms with Gasteiger partial charge in [0.2, 0.25) is 0 Å². The largest absolute Gasteiger partial charge is 0.494 e. The normalized spacial score (nSPS) is 10.9. The second kappa shape index (κ2) is 5.93. The lowest BCUT2D eigenvalue weighted by molar-refractivity contribution is 0.296. The Kier molecular flexibility index (Phi) is 4.28. The van der Waals surface area contributed by atoms with Crippen LogP contribution in [0.3, 0.4) is 0 Å². The molecule has 2 N–H and O–H groups in total. The molecule has 92 valence electrons. The fourth-order valence-electron chi connectivity index (χ4n) is 1.52. The number of fused-ring (bicyclic) bond motifs is 1. The molecule has 2 rings (SSSR count). The van der Waals surface area contributed by atoms with Crippen LogP contribution in [0.1, 0.15) is 13.3 Å². The molecule has 0 aliphatic rings. The number of H-pyrrole nitrogens is 1. The molecule has 1 aromatic heterocycles. The van der Waals surface area contributed by atoms with Crippen LogP contribution in [0.2, 0.25) is 0 Å². The number of hydrogen-bond acceptors (Lipinski definition) is 4. The van der Waals surface area contributed by atoms with Gasteiger partial charge in [-0.25, -0.2) is 4.98 Å². The van der Waals surface area contributed by atoms with Gasteiger partial charge in [0.05, 0.1) is 17.6 Å². The van der Waals surface area contributed by atoms with Gasteiger partial charge in [-0.05, 0) is 25.5 Å². The number of aromatic amines is 1. The second-order valence-electron chi connectivity index (χ2n) is 3.58. The Morgan fingerprint density at radius 1 is 1.47 bits per heavy atom. The minimum atomic E-state index is 0.224. The second-order valence-corrected chi connectivity index (χ2v) is 4.66. The molecule has 0 spiro atoms. The molecule has 0 amide bonds. The Labute approximate surface area is 104 Å². The first-order chi connectivity index (χ1) is 8.33. The number of aliphatic hydroxyl groups is 1. The van der Waals surface area contributed by atoms with Gasteiger partial charge < -0.3 is 14.8 Å². The highest BCUT2D eigenvalue weighted by Crippen LogP contribution is 2.23. The molecule has 0 atom stereocenters. The highest BCUT2D eigenvalue weighted by molar-refractivity contribution is 7.99. The average molecular weight is 252 g/mol. The van der Waals surface area contributed by atoms with E-state index in [-0.39, 0.29) is 6.61 Å². The van der Waals surface area contributed by atoms with Crippen LogP contribution < -0.4 is 4.74 Å². The van der Waals surface area contributed by atoms with Crippen LogP contribution in [0.4, 0.5) is 0 Å². The Hall–Kier alpha value is -1.20. The predicted molar refractivity (Wildman–Crippen MR) is 69.7 cm³/mol. The standard InChI is InChI=1S/C12H16N2O2S/c1-2-16-9-4-5-10-11(8-9)14-12(13-10)17-7-3-6-15/h4-5,8,15H,2-3,6-7H2,1H3,(H,13,14). The molecule has 0 unspecified atom stereocenters. The van der Waals surface area contributed by atoms with Crippen molar-refractivity contribution in [3.63, 3.8) is 0 Å². The fraction of sp³-hybridized carbons (Fsp3) is 0.417. The number of thioether (sulfide) groups is 1. The SMILES string of the molecule is CCOc1ccc2nc(SCCCO)[nH]c2c1. The van der Waals surface area contributed by atoms with Crippen LogP contribution in [0, 0.1) is 0 Å². The predicted octanol–water partition coefficient (Wildman–Crippen LogP) is 2.44. The van der Waals surface area contributed by atoms with Gasteiger partial charge in [-0.3, -0.25) is 0 Å². The van der Waals surface area contributed by atoms with E-state index >= 15 is 0 Å². The zero-order chi connectivity index (χ0) is 12.1. The zero-order valence-corrected chi connectivity index (χ0v) is 10.6. The fourth-order valence-corrected chi connectivity index (χ4v) is 2.34. The van der Waals surface area contributed by atoms with Gasteiger partial charge in [-0.2, -0.15) is 0 Å². The van der Waals surface area contributed by atoms with Crippen molar-refractivity contribution in [3.8, 4) is 5.75 Å². The van der Waals surface area contributed by atoms with Crippen LogP contribution in [0.15, 0.2) is 23.4 Å². The van der Waals surface area contributed by atoms with E-state index < -0.39 is 0 Å². The molecule has 0 radical (unpaired) electrons. The van der Waals surface area contributed by atoms with Crippen molar-refractivity contribution in [2.75, 3.05) is 19.0 Å². The highest BCUT2D eigenvalue weighted by atomic mass is 32.2. The summed E-state index contributed by atoms with van der Waals surface area (Å²) < 4.78 is 5.43. The van der Waals surface area contributed by atoms with Gasteiger partial charge in [0.25, 0.3) is 0 Å². The summed E-state index contributed by atoms with van der Waals surface area (Å²) in [5.74, 6) is 1.73. The molecular formula is C12H16N2O2S. The Bertz CT molecular complexity index is 484. The lowest BCUT2D eigenvalue weighted by Gasteiger charge is -2.00. The molecular weight excluding hydrogens is 236 g/mol. The van der Waals surface area contributed by atoms with Gasteiger partial charge in [0, 0.05) is 18.4 Å². The van der Waals surface area contributed by atoms with E-state index in [1.165, 1.54) is 0 Å². The van der Waals surface area contributed by atoms with Gasteiger partial charge in [-0.1, -0.05) is 11.8 Å². The third kappa shape index (κ3) is 3.14. The summed E-state index contributed by atoms with van der Waals surface area (Å²) in [4.78, 5) is 7.70. The van der Waals surface area contributed by atoms with Gasteiger partial charge in [-0.15, -0.1) is 0 Å². The molecule has 0 saturated heterocycles. The molecule has 5 heteroatoms. The van der Waals surface area contributed by atoms with Crippen molar-refractivity contribution in [3.05, 3.63) is 18.2 Å². The van der Waals surface area contributed by atoms with Gasteiger partial charge in [0.1, 0.15) is 5.75 Å². The van der Waals surface area contributed by atoms with E-state index in [9.17, 15) is 0 Å². The van der Waals surface area contributed by atoms with E-state index in [2.05, 4.69) is 9.97 Å². The van der Waals surface area contributed by atoms with Crippen molar-refractivity contribution in [2.24, 2.45) is 0 Å². The highest BCUT2D eigenvalue weighted by Gasteiger charge is 2.04. The molecule has 0 aliphatic carbocycles. The van der Waals surface area contributed by atoms with Gasteiger partial charge >= 0.3 is 0 Å². The van der Waals surface area contributed by atoms with Gasteiger partial charge in [0.15, 0.2) is 5.16 Å². The monoisotopic (exact) mass is 252 g/mol. The van der Waals surface area contributed by atoms with Crippen molar-refractivity contribution >= 4 is 22.8 Å². The summed E-state index contributed by atoms with van der Waals surface area (Å²) in [5, 5.41) is 9.61. The first kappa shape index (κ1) is 12.3. The number of aliphatic hydroxyl groups excluding tert-OH is 1. The zero-order valence-electron chi connectivity index (χ0n) is 9.77. The van der Waals surface area contributed by atoms with Crippen molar-refractivity contribution in [1.29, 1.82) is 0 Å². The maximum absolute atomic E-state index is 8.72. The number of hydrogen-bond donors (Lipinski definition) is 2. The third-order valence-electron chi connectivity index (χ3n) is 2.28. The van der Waals surface area contributed by atoms with E-state index in [4.69, 9.17) is 9.84 Å². The molecule has 0 fully saturated rings. The number of aromatic nitrogens is 2. The lowest BCUT2D eigenvalue weighted by Crippen LogP contribution is -1.90. The summed E-state index contributed by atoms with van der Waals surface area (Å²) >= 11 is 1.62. The van der Waals surface area contributed by atoms with Crippen molar-refractivity contribution in [2.45, 2.75) is 18.5 Å². The summed E-state index contributed by atoms with van der Waals surface area (Å²) in [7, 11) is 0. The quantitative estimate of drug-likeness (QED) is 0.612. The van der Waals surface area contributed by atoms with E-state index in [1.54, 1.807) is 11.8 Å². The Morgan fingerprint density at radius 3 is 3.12 bits per heavy atom. The smallest absolute Gasteiger partial charge is 0.166 e. The molecule has 2 aromatic rings. The van der Waals surface area contributed by atoms with Crippen LogP contribution in [0.5, 0.6) is 5.75 Å². The molecule has 0 aliphatic heterocycles. The number of imidazole rings is 1. The van der Waals surface area contributed by atoms with Crippen LogP contribution >= 0.6 is 11.8 Å². The lowest BCUT2D eigenvalue weighted by atomic mass is 10.3. The van der Waals surface area contributed by atoms with Crippen LogP contribution in [-0.4, -0.2) is 34.0 Å². The summed E-state index contributed by atoms with van der Waals surface area (Å²) in [5.41, 5.74) is 1.93. The topological polar surface area (TPSA) is 58.1 Å². The van der Waals surface area contributed by atoms with E-state index in [1.807, 2.05) is 25.1 Å². The maximum Gasteiger partial charge on any atom is 0.166 e. The number of benzene rings is 1. The Morgan fingerprint density at radius 2 is 2.35 bits per heavy atom. The molecule has 4 nitrogen and oxygen atoms in total. The summed E-state index contributed by atoms with van der Waals surface area (Å²) in [6, 6.07) is 5.84. The molecule has 0 bridgehead atoms. The van der Waals surface area contributed by atoms with E-state index in [0.717, 1.165) is 34.1 Å². The average Bonchev–Trinajstić information content (AvgIpc) is 2.72.